The fourth-order valence-corrected chi connectivity index (χ4v) is 4.79. The lowest BCUT2D eigenvalue weighted by Gasteiger charge is -2.47. The predicted molar refractivity (Wildman–Crippen MR) is 116 cm³/mol. The number of fused-ring (bicyclic) bond motifs is 3. The largest absolute Gasteiger partial charge is 0.487 e. The van der Waals surface area contributed by atoms with Crippen LogP contribution in [0.15, 0.2) is 23.8 Å². The van der Waals surface area contributed by atoms with E-state index in [4.69, 9.17) is 14.6 Å². The SMILES string of the molecule is CCCCCc1cc(OC(=O)CCC(=O)O)c2c(c1)OC(C)(C)C1CC=C(C)CC21. The fraction of sp³-hybridized carbons (Fsp3) is 0.600. The van der Waals surface area contributed by atoms with Crippen LogP contribution in [0.25, 0.3) is 0 Å². The van der Waals surface area contributed by atoms with Crippen molar-refractivity contribution in [3.8, 4) is 11.5 Å². The Labute approximate surface area is 179 Å². The van der Waals surface area contributed by atoms with Crippen LogP contribution in [0.3, 0.4) is 0 Å². The topological polar surface area (TPSA) is 72.8 Å². The second-order valence-corrected chi connectivity index (χ2v) is 9.24. The van der Waals surface area contributed by atoms with Crippen LogP contribution in [0.4, 0.5) is 0 Å². The highest BCUT2D eigenvalue weighted by Crippen LogP contribution is 2.54. The van der Waals surface area contributed by atoms with Crippen molar-refractivity contribution in [2.24, 2.45) is 5.92 Å². The van der Waals surface area contributed by atoms with Gasteiger partial charge in [-0.2, -0.15) is 0 Å². The lowest BCUT2D eigenvalue weighted by molar-refractivity contribution is -0.142. The van der Waals surface area contributed by atoms with Gasteiger partial charge < -0.3 is 14.6 Å². The summed E-state index contributed by atoms with van der Waals surface area (Å²) in [6, 6.07) is 4.09. The van der Waals surface area contributed by atoms with Crippen molar-refractivity contribution in [2.75, 3.05) is 0 Å². The Hall–Kier alpha value is -2.30. The smallest absolute Gasteiger partial charge is 0.311 e. The average Bonchev–Trinajstić information content (AvgIpc) is 2.65. The molecule has 0 spiro atoms. The van der Waals surface area contributed by atoms with Gasteiger partial charge in [0, 0.05) is 17.4 Å². The number of unbranched alkanes of at least 4 members (excludes halogenated alkanes) is 2. The molecule has 1 N–H and O–H groups in total. The average molecular weight is 415 g/mol. The van der Waals surface area contributed by atoms with Gasteiger partial charge in [0.2, 0.25) is 0 Å². The number of hydrogen-bond donors (Lipinski definition) is 1. The number of rotatable bonds is 8. The number of esters is 1. The van der Waals surface area contributed by atoms with Gasteiger partial charge in [0.05, 0.1) is 12.8 Å². The van der Waals surface area contributed by atoms with E-state index in [1.165, 1.54) is 5.57 Å². The zero-order valence-electron chi connectivity index (χ0n) is 18.6. The highest BCUT2D eigenvalue weighted by atomic mass is 16.5. The lowest BCUT2D eigenvalue weighted by atomic mass is 9.67. The molecule has 164 valence electrons. The van der Waals surface area contributed by atoms with Gasteiger partial charge >= 0.3 is 11.9 Å². The summed E-state index contributed by atoms with van der Waals surface area (Å²) in [4.78, 5) is 23.2. The van der Waals surface area contributed by atoms with Crippen LogP contribution in [0, 0.1) is 5.92 Å². The quantitative estimate of drug-likeness (QED) is 0.252. The van der Waals surface area contributed by atoms with Gasteiger partial charge in [0.25, 0.3) is 0 Å². The first-order valence-electron chi connectivity index (χ1n) is 11.1. The molecule has 5 nitrogen and oxygen atoms in total. The van der Waals surface area contributed by atoms with Crippen molar-refractivity contribution in [1.82, 2.24) is 0 Å². The van der Waals surface area contributed by atoms with Gasteiger partial charge in [-0.3, -0.25) is 9.59 Å². The number of aliphatic carboxylic acids is 1. The number of allylic oxidation sites excluding steroid dienone is 2. The summed E-state index contributed by atoms with van der Waals surface area (Å²) in [7, 11) is 0. The molecule has 0 saturated carbocycles. The Morgan fingerprint density at radius 2 is 2.00 bits per heavy atom. The molecule has 2 aliphatic rings. The molecule has 0 aromatic heterocycles. The summed E-state index contributed by atoms with van der Waals surface area (Å²) >= 11 is 0. The molecule has 1 aromatic rings. The second kappa shape index (κ2) is 9.23. The summed E-state index contributed by atoms with van der Waals surface area (Å²) in [5.41, 5.74) is 3.10. The molecule has 1 aliphatic heterocycles. The van der Waals surface area contributed by atoms with Crippen LogP contribution in [-0.4, -0.2) is 22.6 Å². The molecule has 1 aromatic carbocycles. The molecule has 1 heterocycles. The molecule has 1 aliphatic carbocycles. The van der Waals surface area contributed by atoms with E-state index in [0.717, 1.165) is 55.4 Å². The van der Waals surface area contributed by atoms with Gasteiger partial charge in [-0.05, 0) is 64.2 Å². The van der Waals surface area contributed by atoms with Gasteiger partial charge in [-0.1, -0.05) is 31.4 Å². The highest BCUT2D eigenvalue weighted by molar-refractivity contribution is 5.78. The zero-order valence-corrected chi connectivity index (χ0v) is 18.6. The molecule has 2 unspecified atom stereocenters. The molecular formula is C25H34O5. The summed E-state index contributed by atoms with van der Waals surface area (Å²) in [5.74, 6) is 0.382. The van der Waals surface area contributed by atoms with Crippen molar-refractivity contribution in [2.45, 2.75) is 90.6 Å². The van der Waals surface area contributed by atoms with E-state index in [1.54, 1.807) is 0 Å². The van der Waals surface area contributed by atoms with E-state index in [2.05, 4.69) is 39.8 Å². The first kappa shape index (κ1) is 22.4. The van der Waals surface area contributed by atoms with E-state index >= 15 is 0 Å². The molecule has 3 rings (SSSR count). The molecule has 30 heavy (non-hydrogen) atoms. The van der Waals surface area contributed by atoms with Gasteiger partial charge in [-0.15, -0.1) is 0 Å². The van der Waals surface area contributed by atoms with Crippen molar-refractivity contribution in [3.63, 3.8) is 0 Å². The maximum atomic E-state index is 12.4. The molecule has 0 amide bonds. The number of aryl methyl sites for hydroxylation is 1. The molecule has 0 radical (unpaired) electrons. The highest BCUT2D eigenvalue weighted by Gasteiger charge is 2.46. The minimum Gasteiger partial charge on any atom is -0.487 e. The van der Waals surface area contributed by atoms with Crippen LogP contribution in [0.2, 0.25) is 0 Å². The third-order valence-electron chi connectivity index (χ3n) is 6.38. The number of carboxylic acid groups (broad SMARTS) is 1. The van der Waals surface area contributed by atoms with Crippen LogP contribution in [0.5, 0.6) is 11.5 Å². The van der Waals surface area contributed by atoms with Crippen molar-refractivity contribution >= 4 is 11.9 Å². The van der Waals surface area contributed by atoms with Crippen LogP contribution in [-0.2, 0) is 16.0 Å². The van der Waals surface area contributed by atoms with Crippen molar-refractivity contribution < 1.29 is 24.2 Å². The Bertz CT molecular complexity index is 836. The first-order valence-corrected chi connectivity index (χ1v) is 11.1. The molecule has 0 bridgehead atoms. The number of benzene rings is 1. The van der Waals surface area contributed by atoms with E-state index < -0.39 is 11.9 Å². The number of carbonyl (C=O) groups excluding carboxylic acids is 1. The maximum Gasteiger partial charge on any atom is 0.311 e. The molecule has 0 fully saturated rings. The second-order valence-electron chi connectivity index (χ2n) is 9.24. The Balaban J connectivity index is 1.99. The minimum absolute atomic E-state index is 0.135. The summed E-state index contributed by atoms with van der Waals surface area (Å²) in [6.45, 7) is 8.61. The molecule has 5 heteroatoms. The Kier molecular flexibility index (Phi) is 6.89. The van der Waals surface area contributed by atoms with E-state index in [-0.39, 0.29) is 24.4 Å². The fourth-order valence-electron chi connectivity index (χ4n) is 4.79. The number of ether oxygens (including phenoxy) is 2. The maximum absolute atomic E-state index is 12.4. The first-order chi connectivity index (χ1) is 14.2. The third kappa shape index (κ3) is 5.05. The molecule has 0 saturated heterocycles. The lowest BCUT2D eigenvalue weighted by Crippen LogP contribution is -2.45. The molecule has 2 atom stereocenters. The number of hydrogen-bond acceptors (Lipinski definition) is 4. The minimum atomic E-state index is -1.000. The van der Waals surface area contributed by atoms with Gasteiger partial charge in [0.15, 0.2) is 0 Å². The summed E-state index contributed by atoms with van der Waals surface area (Å²) in [5, 5.41) is 8.89. The zero-order chi connectivity index (χ0) is 21.9. The number of carbonyl (C=O) groups is 2. The van der Waals surface area contributed by atoms with Gasteiger partial charge in [0.1, 0.15) is 17.1 Å². The number of carboxylic acids is 1. The summed E-state index contributed by atoms with van der Waals surface area (Å²) in [6.07, 6.45) is 8.03. The van der Waals surface area contributed by atoms with Gasteiger partial charge in [-0.25, -0.2) is 0 Å². The monoisotopic (exact) mass is 414 g/mol. The Morgan fingerprint density at radius 1 is 1.23 bits per heavy atom. The standard InChI is InChI=1S/C25H34O5/c1-5-6-7-8-17-14-20(29-23(28)12-11-22(26)27)24-18-13-16(2)9-10-19(18)25(3,4)30-21(24)15-17/h9,14-15,18-19H,5-8,10-13H2,1-4H3,(H,26,27). The van der Waals surface area contributed by atoms with Crippen molar-refractivity contribution in [3.05, 3.63) is 34.9 Å². The summed E-state index contributed by atoms with van der Waals surface area (Å²) < 4.78 is 12.2. The van der Waals surface area contributed by atoms with Crippen molar-refractivity contribution in [1.29, 1.82) is 0 Å². The van der Waals surface area contributed by atoms with Crippen LogP contribution in [0.1, 0.15) is 89.7 Å². The molecular weight excluding hydrogens is 380 g/mol. The third-order valence-corrected chi connectivity index (χ3v) is 6.38. The predicted octanol–water partition coefficient (Wildman–Crippen LogP) is 5.80. The van der Waals surface area contributed by atoms with Crippen LogP contribution >= 0.6 is 0 Å². The van der Waals surface area contributed by atoms with E-state index in [0.29, 0.717) is 11.7 Å². The van der Waals surface area contributed by atoms with Crippen LogP contribution < -0.4 is 9.47 Å². The van der Waals surface area contributed by atoms with E-state index in [9.17, 15) is 9.59 Å². The normalized spacial score (nSPS) is 21.7. The van der Waals surface area contributed by atoms with E-state index in [1.807, 2.05) is 6.07 Å². The Morgan fingerprint density at radius 3 is 2.70 bits per heavy atom.